The van der Waals surface area contributed by atoms with Crippen LogP contribution >= 0.6 is 0 Å². The van der Waals surface area contributed by atoms with Gasteiger partial charge in [-0.25, -0.2) is 14.8 Å². The van der Waals surface area contributed by atoms with E-state index in [4.69, 9.17) is 0 Å². The third-order valence-corrected chi connectivity index (χ3v) is 6.97. The van der Waals surface area contributed by atoms with Crippen LogP contribution in [0.1, 0.15) is 52.0 Å². The molecule has 1 N–H and O–H groups in total. The first-order chi connectivity index (χ1) is 15.4. The summed E-state index contributed by atoms with van der Waals surface area (Å²) in [6.45, 7) is 7.34. The van der Waals surface area contributed by atoms with E-state index in [1.165, 1.54) is 0 Å². The first-order valence-electron chi connectivity index (χ1n) is 11.9. The fourth-order valence-corrected chi connectivity index (χ4v) is 5.38. The van der Waals surface area contributed by atoms with Crippen molar-refractivity contribution in [3.05, 3.63) is 35.9 Å². The Morgan fingerprint density at radius 1 is 1.12 bits per heavy atom. The quantitative estimate of drug-likeness (QED) is 0.761. The molecule has 4 rings (SSSR count). The molecule has 1 aromatic rings. The van der Waals surface area contributed by atoms with E-state index in [0.29, 0.717) is 19.6 Å². The third-order valence-electron chi connectivity index (χ3n) is 6.97. The van der Waals surface area contributed by atoms with Crippen LogP contribution in [0.5, 0.6) is 0 Å². The van der Waals surface area contributed by atoms with Crippen molar-refractivity contribution in [2.75, 3.05) is 19.6 Å². The van der Waals surface area contributed by atoms with Crippen molar-refractivity contribution in [3.63, 3.8) is 0 Å². The Hall–Kier alpha value is -2.61. The summed E-state index contributed by atoms with van der Waals surface area (Å²) < 4.78 is 0. The topological polar surface area (TPSA) is 76.2 Å². The number of amides is 4. The molecule has 174 valence electrons. The molecule has 8 nitrogen and oxygen atoms in total. The van der Waals surface area contributed by atoms with Gasteiger partial charge >= 0.3 is 6.03 Å². The molecule has 2 aliphatic heterocycles. The molecule has 0 spiro atoms. The first-order valence-corrected chi connectivity index (χ1v) is 11.9. The second kappa shape index (κ2) is 9.48. The van der Waals surface area contributed by atoms with Gasteiger partial charge in [-0.1, -0.05) is 63.9 Å². The number of hydrogen-bond donors (Lipinski definition) is 1. The first kappa shape index (κ1) is 22.6. The lowest BCUT2D eigenvalue weighted by Crippen LogP contribution is -2.77. The summed E-state index contributed by atoms with van der Waals surface area (Å²) in [7, 11) is 0. The molecule has 2 saturated heterocycles. The molecule has 4 amide bonds. The highest BCUT2D eigenvalue weighted by Crippen LogP contribution is 2.33. The van der Waals surface area contributed by atoms with E-state index in [1.807, 2.05) is 61.0 Å². The van der Waals surface area contributed by atoms with Crippen LogP contribution in [0.15, 0.2) is 30.3 Å². The van der Waals surface area contributed by atoms with Crippen LogP contribution in [0, 0.1) is 5.92 Å². The molecule has 3 fully saturated rings. The third kappa shape index (κ3) is 4.20. The Balaban J connectivity index is 1.63. The Kier molecular flexibility index (Phi) is 6.69. The summed E-state index contributed by atoms with van der Waals surface area (Å²) >= 11 is 0. The van der Waals surface area contributed by atoms with Crippen LogP contribution < -0.4 is 5.32 Å². The van der Waals surface area contributed by atoms with Crippen LogP contribution in [-0.4, -0.2) is 75.5 Å². The number of carbonyl (C=O) groups excluding carboxylic acids is 3. The predicted octanol–water partition coefficient (Wildman–Crippen LogP) is 2.41. The second-order valence-corrected chi connectivity index (χ2v) is 9.37. The fourth-order valence-electron chi connectivity index (χ4n) is 5.38. The molecule has 1 aromatic carbocycles. The summed E-state index contributed by atoms with van der Waals surface area (Å²) in [5.74, 6) is -0.0752. The predicted molar refractivity (Wildman–Crippen MR) is 121 cm³/mol. The lowest BCUT2D eigenvalue weighted by atomic mass is 9.95. The van der Waals surface area contributed by atoms with Crippen LogP contribution in [-0.2, 0) is 16.1 Å². The highest BCUT2D eigenvalue weighted by atomic mass is 16.2. The second-order valence-electron chi connectivity index (χ2n) is 9.37. The van der Waals surface area contributed by atoms with Gasteiger partial charge in [0, 0.05) is 19.1 Å². The highest BCUT2D eigenvalue weighted by molar-refractivity contribution is 5.91. The van der Waals surface area contributed by atoms with Crippen molar-refractivity contribution in [3.8, 4) is 0 Å². The van der Waals surface area contributed by atoms with Crippen molar-refractivity contribution < 1.29 is 14.4 Å². The van der Waals surface area contributed by atoms with E-state index in [-0.39, 0.29) is 36.3 Å². The van der Waals surface area contributed by atoms with Gasteiger partial charge in [-0.3, -0.25) is 9.59 Å². The maximum atomic E-state index is 13.5. The molecule has 32 heavy (non-hydrogen) atoms. The standard InChI is InChI=1S/C24H35N5O3/c1-4-26-16-21(30)28-20(29(26)24(32)25-14-18-10-6-5-7-11-18)15-27(19-12-8-9-13-19)23(31)22(28)17(2)3/h5-7,10-11,17,19-20,22H,4,8-9,12-16H2,1-3H3,(H,25,32)/t20-,22-/m0/s1. The number of nitrogens with one attached hydrogen (secondary N) is 1. The molecule has 1 saturated carbocycles. The van der Waals surface area contributed by atoms with E-state index < -0.39 is 12.2 Å². The number of carbonyl (C=O) groups is 3. The summed E-state index contributed by atoms with van der Waals surface area (Å²) in [6.07, 6.45) is 3.74. The van der Waals surface area contributed by atoms with E-state index in [1.54, 1.807) is 9.91 Å². The molecular formula is C24H35N5O3. The van der Waals surface area contributed by atoms with Crippen molar-refractivity contribution in [1.29, 1.82) is 0 Å². The molecule has 2 atom stereocenters. The average molecular weight is 442 g/mol. The summed E-state index contributed by atoms with van der Waals surface area (Å²) in [4.78, 5) is 43.7. The number of likely N-dealkylation sites (N-methyl/N-ethyl adjacent to an activating group) is 1. The van der Waals surface area contributed by atoms with Gasteiger partial charge in [0.2, 0.25) is 11.8 Å². The zero-order chi connectivity index (χ0) is 22.8. The summed E-state index contributed by atoms with van der Waals surface area (Å²) in [6, 6.07) is 9.21. The minimum Gasteiger partial charge on any atom is -0.334 e. The maximum Gasteiger partial charge on any atom is 0.334 e. The molecule has 0 aromatic heterocycles. The number of urea groups is 1. The van der Waals surface area contributed by atoms with Crippen molar-refractivity contribution >= 4 is 17.8 Å². The van der Waals surface area contributed by atoms with E-state index in [0.717, 1.165) is 31.2 Å². The van der Waals surface area contributed by atoms with Gasteiger partial charge in [-0.15, -0.1) is 0 Å². The van der Waals surface area contributed by atoms with Gasteiger partial charge in [0.25, 0.3) is 0 Å². The minimum absolute atomic E-state index is 0.0273. The molecule has 0 bridgehead atoms. The Morgan fingerprint density at radius 2 is 1.81 bits per heavy atom. The Morgan fingerprint density at radius 3 is 2.44 bits per heavy atom. The number of rotatable bonds is 5. The van der Waals surface area contributed by atoms with Gasteiger partial charge in [-0.2, -0.15) is 0 Å². The highest BCUT2D eigenvalue weighted by Gasteiger charge is 2.53. The summed E-state index contributed by atoms with van der Waals surface area (Å²) in [5.41, 5.74) is 1.01. The number of hydrazine groups is 1. The smallest absolute Gasteiger partial charge is 0.334 e. The Bertz CT molecular complexity index is 839. The molecule has 8 heteroatoms. The average Bonchev–Trinajstić information content (AvgIpc) is 3.32. The number of fused-ring (bicyclic) bond motifs is 1. The SMILES string of the molecule is CCN1CC(=O)N2[C@@H](C(C)C)C(=O)N(C3CCCC3)C[C@@H]2N1C(=O)NCc1ccccc1. The lowest BCUT2D eigenvalue weighted by molar-refractivity contribution is -0.194. The van der Waals surface area contributed by atoms with Crippen molar-refractivity contribution in [2.45, 2.75) is 71.2 Å². The molecule has 0 radical (unpaired) electrons. The molecule has 3 aliphatic rings. The van der Waals surface area contributed by atoms with Gasteiger partial charge in [-0.05, 0) is 24.3 Å². The maximum absolute atomic E-state index is 13.5. The lowest BCUT2D eigenvalue weighted by Gasteiger charge is -2.56. The van der Waals surface area contributed by atoms with Crippen LogP contribution in [0.25, 0.3) is 0 Å². The van der Waals surface area contributed by atoms with Crippen LogP contribution in [0.4, 0.5) is 4.79 Å². The van der Waals surface area contributed by atoms with Gasteiger partial charge < -0.3 is 15.1 Å². The van der Waals surface area contributed by atoms with E-state index in [9.17, 15) is 14.4 Å². The minimum atomic E-state index is -0.537. The molecule has 1 aliphatic carbocycles. The number of hydrogen-bond acceptors (Lipinski definition) is 4. The molecule has 0 unspecified atom stereocenters. The van der Waals surface area contributed by atoms with Gasteiger partial charge in [0.1, 0.15) is 12.2 Å². The largest absolute Gasteiger partial charge is 0.334 e. The van der Waals surface area contributed by atoms with Gasteiger partial charge in [0.05, 0.1) is 13.1 Å². The monoisotopic (exact) mass is 441 g/mol. The normalized spacial score (nSPS) is 24.9. The zero-order valence-electron chi connectivity index (χ0n) is 19.4. The van der Waals surface area contributed by atoms with Crippen LogP contribution in [0.3, 0.4) is 0 Å². The number of nitrogens with zero attached hydrogens (tertiary/aromatic N) is 4. The molecule has 2 heterocycles. The van der Waals surface area contributed by atoms with Crippen LogP contribution in [0.2, 0.25) is 0 Å². The number of piperazine rings is 1. The van der Waals surface area contributed by atoms with Crippen molar-refractivity contribution in [1.82, 2.24) is 25.1 Å². The Labute approximate surface area is 190 Å². The molecular weight excluding hydrogens is 406 g/mol. The van der Waals surface area contributed by atoms with Gasteiger partial charge in [0.15, 0.2) is 0 Å². The van der Waals surface area contributed by atoms with E-state index >= 15 is 0 Å². The van der Waals surface area contributed by atoms with E-state index in [2.05, 4.69) is 5.32 Å². The fraction of sp³-hybridized carbons (Fsp3) is 0.625. The van der Waals surface area contributed by atoms with Crippen molar-refractivity contribution in [2.24, 2.45) is 5.92 Å². The number of benzene rings is 1. The zero-order valence-corrected chi connectivity index (χ0v) is 19.4. The summed E-state index contributed by atoms with van der Waals surface area (Å²) in [5, 5.41) is 6.52.